The zero-order valence-electron chi connectivity index (χ0n) is 15.7. The van der Waals surface area contributed by atoms with E-state index in [1.807, 2.05) is 0 Å². The van der Waals surface area contributed by atoms with Crippen LogP contribution in [-0.4, -0.2) is 28.3 Å². The molecule has 1 saturated heterocycles. The van der Waals surface area contributed by atoms with Crippen molar-refractivity contribution in [1.29, 1.82) is 0 Å². The molecule has 3 heterocycles. The van der Waals surface area contributed by atoms with Gasteiger partial charge >= 0.3 is 5.63 Å². The molecule has 0 spiro atoms. The monoisotopic (exact) mass is 465 g/mol. The number of rotatable bonds is 4. The number of carbonyl (C=O) groups excluding carboxylic acids is 1. The van der Waals surface area contributed by atoms with Crippen LogP contribution in [0.3, 0.4) is 0 Å². The van der Waals surface area contributed by atoms with Crippen LogP contribution in [0.5, 0.6) is 5.75 Å². The van der Waals surface area contributed by atoms with E-state index in [4.69, 9.17) is 21.1 Å². The van der Waals surface area contributed by atoms with Gasteiger partial charge < -0.3 is 19.3 Å². The molecule has 1 atom stereocenters. The number of thioether (sulfide) groups is 1. The second-order valence-corrected chi connectivity index (χ2v) is 11.0. The van der Waals surface area contributed by atoms with Crippen molar-refractivity contribution in [3.8, 4) is 17.3 Å². The summed E-state index contributed by atoms with van der Waals surface area (Å²) in [7, 11) is -3.79. The lowest BCUT2D eigenvalue weighted by atomic mass is 10.1. The van der Waals surface area contributed by atoms with Gasteiger partial charge in [0.15, 0.2) is 25.9 Å². The summed E-state index contributed by atoms with van der Waals surface area (Å²) >= 11 is 5.67. The minimum atomic E-state index is -3.79. The maximum absolute atomic E-state index is 12.6. The molecule has 0 bridgehead atoms. The second kappa shape index (κ2) is 7.25. The van der Waals surface area contributed by atoms with Crippen molar-refractivity contribution in [3.05, 3.63) is 51.4 Å². The van der Waals surface area contributed by atoms with Crippen molar-refractivity contribution >= 4 is 55.0 Å². The van der Waals surface area contributed by atoms with Gasteiger partial charge in [0.2, 0.25) is 0 Å². The predicted molar refractivity (Wildman–Crippen MR) is 116 cm³/mol. The van der Waals surface area contributed by atoms with Crippen LogP contribution in [0.1, 0.15) is 16.7 Å². The Morgan fingerprint density at radius 3 is 2.57 bits per heavy atom. The molecule has 0 aliphatic carbocycles. The van der Waals surface area contributed by atoms with Crippen molar-refractivity contribution in [2.24, 2.45) is 0 Å². The molecule has 2 N–H and O–H groups in total. The number of thiocarbonyl (C=S) groups is 1. The lowest BCUT2D eigenvalue weighted by Gasteiger charge is -2.08. The number of carbonyl (C=O) groups is 1. The first-order valence-corrected chi connectivity index (χ1v) is 11.7. The van der Waals surface area contributed by atoms with Crippen molar-refractivity contribution in [2.45, 2.75) is 24.2 Å². The van der Waals surface area contributed by atoms with E-state index in [0.29, 0.717) is 22.1 Å². The number of benzene rings is 1. The summed E-state index contributed by atoms with van der Waals surface area (Å²) < 4.78 is 35.1. The highest BCUT2D eigenvalue weighted by atomic mass is 32.3. The molecule has 0 radical (unpaired) electrons. The van der Waals surface area contributed by atoms with E-state index in [1.54, 1.807) is 31.2 Å². The lowest BCUT2D eigenvalue weighted by molar-refractivity contribution is -0.117. The van der Waals surface area contributed by atoms with Crippen LogP contribution in [0.4, 0.5) is 0 Å². The van der Waals surface area contributed by atoms with Crippen molar-refractivity contribution in [1.82, 2.24) is 5.32 Å². The Labute approximate surface area is 180 Å². The molecular weight excluding hydrogens is 450 g/mol. The molecule has 3 aromatic rings. The third-order valence-electron chi connectivity index (χ3n) is 4.70. The standard InChI is InChI=1S/C19H15NO7S3/c1-8-14(21)9(2)17(23)27-15(8)13-6-11-5-10(3-4-12(11)26-13)7-30(24,25)18-16(22)20-19(28)29-18/h3-6,18,21H,7H2,1-2H3,(H,20,22,28). The predicted octanol–water partition coefficient (Wildman–Crippen LogP) is 2.76. The molecular formula is C19H15NO7S3. The number of aromatic hydroxyl groups is 1. The molecule has 1 aromatic carbocycles. The molecule has 1 aliphatic heterocycles. The van der Waals surface area contributed by atoms with Gasteiger partial charge in [0.1, 0.15) is 15.7 Å². The Hall–Kier alpha value is -2.63. The van der Waals surface area contributed by atoms with Gasteiger partial charge in [-0.25, -0.2) is 13.2 Å². The Balaban J connectivity index is 1.70. The third kappa shape index (κ3) is 3.53. The van der Waals surface area contributed by atoms with Gasteiger partial charge in [0.25, 0.3) is 5.91 Å². The van der Waals surface area contributed by atoms with Gasteiger partial charge in [0.05, 0.1) is 11.3 Å². The minimum absolute atomic E-state index is 0.0982. The van der Waals surface area contributed by atoms with Gasteiger partial charge in [-0.3, -0.25) is 4.79 Å². The first-order chi connectivity index (χ1) is 14.1. The number of amides is 1. The van der Waals surface area contributed by atoms with Crippen LogP contribution in [0, 0.1) is 13.8 Å². The summed E-state index contributed by atoms with van der Waals surface area (Å²) in [5.41, 5.74) is 0.696. The fourth-order valence-electron chi connectivity index (χ4n) is 3.14. The van der Waals surface area contributed by atoms with Gasteiger partial charge in [-0.05, 0) is 37.6 Å². The van der Waals surface area contributed by atoms with Crippen molar-refractivity contribution in [3.63, 3.8) is 0 Å². The van der Waals surface area contributed by atoms with Crippen LogP contribution >= 0.6 is 24.0 Å². The zero-order chi connectivity index (χ0) is 21.8. The van der Waals surface area contributed by atoms with Gasteiger partial charge in [-0.1, -0.05) is 30.0 Å². The fourth-order valence-corrected chi connectivity index (χ4v) is 6.50. The highest BCUT2D eigenvalue weighted by Gasteiger charge is 2.39. The van der Waals surface area contributed by atoms with E-state index in [2.05, 4.69) is 5.32 Å². The molecule has 30 heavy (non-hydrogen) atoms. The number of hydrogen-bond donors (Lipinski definition) is 2. The van der Waals surface area contributed by atoms with E-state index < -0.39 is 26.0 Å². The molecule has 1 amide bonds. The van der Waals surface area contributed by atoms with Crippen LogP contribution in [0.15, 0.2) is 37.9 Å². The quantitative estimate of drug-likeness (QED) is 0.559. The van der Waals surface area contributed by atoms with Crippen LogP contribution in [-0.2, 0) is 20.4 Å². The Morgan fingerprint density at radius 1 is 1.17 bits per heavy atom. The minimum Gasteiger partial charge on any atom is -0.507 e. The summed E-state index contributed by atoms with van der Waals surface area (Å²) in [5.74, 6) is -0.830. The fraction of sp³-hybridized carbons (Fsp3) is 0.211. The molecule has 11 heteroatoms. The first-order valence-electron chi connectivity index (χ1n) is 8.66. The Kier molecular flexibility index (Phi) is 4.99. The summed E-state index contributed by atoms with van der Waals surface area (Å²) in [6, 6.07) is 6.39. The third-order valence-corrected chi connectivity index (χ3v) is 8.61. The zero-order valence-corrected chi connectivity index (χ0v) is 18.2. The number of sulfone groups is 1. The lowest BCUT2D eigenvalue weighted by Crippen LogP contribution is -2.30. The van der Waals surface area contributed by atoms with E-state index >= 15 is 0 Å². The van der Waals surface area contributed by atoms with Crippen LogP contribution < -0.4 is 10.9 Å². The number of fused-ring (bicyclic) bond motifs is 1. The largest absolute Gasteiger partial charge is 0.507 e. The first kappa shape index (κ1) is 20.6. The second-order valence-electron chi connectivity index (χ2n) is 6.83. The van der Waals surface area contributed by atoms with Crippen LogP contribution in [0.2, 0.25) is 0 Å². The highest BCUT2D eigenvalue weighted by molar-refractivity contribution is 8.30. The van der Waals surface area contributed by atoms with E-state index in [9.17, 15) is 23.1 Å². The maximum Gasteiger partial charge on any atom is 0.343 e. The topological polar surface area (TPSA) is 127 Å². The highest BCUT2D eigenvalue weighted by Crippen LogP contribution is 2.34. The van der Waals surface area contributed by atoms with E-state index in [0.717, 1.165) is 11.8 Å². The normalized spacial score (nSPS) is 16.9. The van der Waals surface area contributed by atoms with Crippen molar-refractivity contribution < 1.29 is 27.2 Å². The molecule has 4 rings (SSSR count). The molecule has 1 fully saturated rings. The summed E-state index contributed by atoms with van der Waals surface area (Å²) in [6.07, 6.45) is 0. The smallest absolute Gasteiger partial charge is 0.343 e. The molecule has 1 aliphatic rings. The Bertz CT molecular complexity index is 1390. The molecule has 156 valence electrons. The van der Waals surface area contributed by atoms with E-state index in [1.165, 1.54) is 6.92 Å². The molecule has 8 nitrogen and oxygen atoms in total. The SMILES string of the molecule is Cc1c(-c2cc3cc(CS(=O)(=O)C4SC(=S)NC4=O)ccc3o2)oc(=O)c(C)c1O. The average molecular weight is 466 g/mol. The molecule has 1 unspecified atom stereocenters. The number of hydrogen-bond acceptors (Lipinski definition) is 9. The summed E-state index contributed by atoms with van der Waals surface area (Å²) in [5, 5.41) is 13.0. The molecule has 0 saturated carbocycles. The summed E-state index contributed by atoms with van der Waals surface area (Å²) in [6.45, 7) is 3.05. The van der Waals surface area contributed by atoms with Gasteiger partial charge in [0, 0.05) is 10.9 Å². The Morgan fingerprint density at radius 2 is 1.90 bits per heavy atom. The van der Waals surface area contributed by atoms with Crippen LogP contribution in [0.25, 0.3) is 22.5 Å². The maximum atomic E-state index is 12.6. The number of nitrogens with one attached hydrogen (secondary N) is 1. The van der Waals surface area contributed by atoms with Crippen molar-refractivity contribution in [2.75, 3.05) is 0 Å². The van der Waals surface area contributed by atoms with Gasteiger partial charge in [-0.15, -0.1) is 0 Å². The van der Waals surface area contributed by atoms with E-state index in [-0.39, 0.29) is 32.9 Å². The summed E-state index contributed by atoms with van der Waals surface area (Å²) in [4.78, 5) is 23.7. The number of furan rings is 1. The molecule has 2 aromatic heterocycles. The van der Waals surface area contributed by atoms with Gasteiger partial charge in [-0.2, -0.15) is 0 Å². The average Bonchev–Trinajstić information content (AvgIpc) is 3.25.